The average molecular weight is 1310 g/mol. The van der Waals surface area contributed by atoms with E-state index in [9.17, 15) is 79.2 Å². The van der Waals surface area contributed by atoms with E-state index in [-0.39, 0.29) is 23.5 Å². The fourth-order valence-electron chi connectivity index (χ4n) is 11.4. The highest BCUT2D eigenvalue weighted by molar-refractivity contribution is 7.90. The summed E-state index contributed by atoms with van der Waals surface area (Å²) in [6.07, 6.45) is -10.9. The Morgan fingerprint density at radius 3 is 2.14 bits per heavy atom. The number of amides is 8. The lowest BCUT2D eigenvalue weighted by Gasteiger charge is -2.34. The van der Waals surface area contributed by atoms with Gasteiger partial charge in [0.25, 0.3) is 18.2 Å². The van der Waals surface area contributed by atoms with Crippen LogP contribution in [0.5, 0.6) is 11.5 Å². The first kappa shape index (κ1) is 67.3. The van der Waals surface area contributed by atoms with Gasteiger partial charge in [0.05, 0.1) is 48.8 Å². The van der Waals surface area contributed by atoms with Crippen LogP contribution in [0, 0.1) is 5.92 Å². The summed E-state index contributed by atoms with van der Waals surface area (Å²) in [4.78, 5) is 123. The van der Waals surface area contributed by atoms with Crippen LogP contribution in [0.1, 0.15) is 74.4 Å². The first-order valence-corrected chi connectivity index (χ1v) is 30.5. The van der Waals surface area contributed by atoms with Crippen molar-refractivity contribution in [1.29, 1.82) is 0 Å². The SMILES string of the molecule is CC(O)C1NC(=O)C(NC(=O)c2ccc(-c3cn4nc(-c5ccc(N6CCCCC6)cc5)sc4n3)cc2)CC(O)CNC(=O)C2C(O)C(C)CN2C(=O)C(C(O)CC(N)=O)NC(=O)C(C(O)C(O)c2ccc(O)c(OSOOO)c2)NC(=O)C2CC(O)CN2C1=O. The maximum absolute atomic E-state index is 14.7. The number of rotatable bonds is 16. The number of anilines is 1. The van der Waals surface area contributed by atoms with E-state index in [4.69, 9.17) is 25.3 Å². The molecule has 16 N–H and O–H groups in total. The fourth-order valence-corrected chi connectivity index (χ4v) is 12.5. The van der Waals surface area contributed by atoms with Crippen LogP contribution in [-0.4, -0.2) is 223 Å². The molecule has 9 rings (SSSR count). The molecule has 34 heteroatoms. The van der Waals surface area contributed by atoms with Crippen molar-refractivity contribution in [2.24, 2.45) is 11.7 Å². The first-order chi connectivity index (χ1) is 43.4. The smallest absolute Gasteiger partial charge is 0.261 e. The van der Waals surface area contributed by atoms with Gasteiger partial charge in [-0.25, -0.2) is 14.8 Å². The lowest BCUT2D eigenvalue weighted by atomic mass is 9.96. The fraction of sp³-hybridized carbons (Fsp3) is 0.474. The number of carbonyl (C=O) groups is 8. The molecule has 14 unspecified atom stereocenters. The van der Waals surface area contributed by atoms with E-state index in [0.717, 1.165) is 77.1 Å². The summed E-state index contributed by atoms with van der Waals surface area (Å²) >= 11 is 1.36. The number of fused-ring (bicyclic) bond motifs is 3. The standard InChI is InChI=1S/C57H70N12O20S2/c1-26-23-68-45(46(26)76)53(83)59-22-33(71)19-35(60-49(79)29-8-6-28(7-9-29)36-25-69-57(61-36)90-54(65-69)30-10-13-32(14-11-30)66-16-4-3-5-17-66)50(80)62-42(27(2)70)55(84)67-24-34(72)20-37(67)51(81)64-44(52(82)63-43(56(68)85)39(74)21-41(58)75)48(78)47(77)31-12-15-38(73)40(18-31)87-91-89-88-86/h6-15,18,25-27,33-35,37,39,42-48,70-74,76-78,86H,3-5,16-17,19-24H2,1-2H3,(H2,58,75)(H,59,83)(H,60,79)(H,62,80)(H,63,82)(H,64,81). The number of hydrogen-bond donors (Lipinski definition) is 15. The number of nitrogens with one attached hydrogen (secondary N) is 5. The van der Waals surface area contributed by atoms with Crippen LogP contribution in [0.4, 0.5) is 5.69 Å². The van der Waals surface area contributed by atoms with Crippen molar-refractivity contribution in [3.63, 3.8) is 0 Å². The van der Waals surface area contributed by atoms with Crippen molar-refractivity contribution in [2.75, 3.05) is 37.6 Å². The predicted molar refractivity (Wildman–Crippen MR) is 319 cm³/mol. The first-order valence-electron chi connectivity index (χ1n) is 29.0. The summed E-state index contributed by atoms with van der Waals surface area (Å²) in [6, 6.07) is 4.97. The van der Waals surface area contributed by atoms with E-state index in [1.54, 1.807) is 22.8 Å². The van der Waals surface area contributed by atoms with E-state index in [1.807, 2.05) is 12.1 Å². The van der Waals surface area contributed by atoms with Gasteiger partial charge in [0.1, 0.15) is 53.5 Å². The zero-order valence-corrected chi connectivity index (χ0v) is 50.5. The molecule has 8 amide bonds. The van der Waals surface area contributed by atoms with E-state index < -0.39 is 183 Å². The van der Waals surface area contributed by atoms with E-state index in [0.29, 0.717) is 16.2 Å². The number of benzene rings is 3. The minimum Gasteiger partial charge on any atom is -0.504 e. The van der Waals surface area contributed by atoms with Crippen LogP contribution in [0.2, 0.25) is 0 Å². The van der Waals surface area contributed by atoms with Crippen molar-refractivity contribution < 1.29 is 98.0 Å². The van der Waals surface area contributed by atoms with Crippen molar-refractivity contribution in [1.82, 2.24) is 51.0 Å². The molecule has 2 aromatic heterocycles. The minimum absolute atomic E-state index is 0.00253. The van der Waals surface area contributed by atoms with E-state index in [1.165, 1.54) is 36.8 Å². The number of phenolic OH excluding ortho intramolecular Hbond substituents is 1. The summed E-state index contributed by atoms with van der Waals surface area (Å²) in [5.41, 5.74) is 8.24. The third kappa shape index (κ3) is 15.6. The molecule has 5 aromatic rings. The monoisotopic (exact) mass is 1310 g/mol. The average Bonchev–Trinajstić information content (AvgIpc) is 1.76. The molecule has 3 aromatic carbocycles. The Hall–Kier alpha value is -8.13. The number of aromatic hydroxyl groups is 1. The summed E-state index contributed by atoms with van der Waals surface area (Å²) in [5.74, 6) is -11.9. The molecule has 14 atom stereocenters. The van der Waals surface area contributed by atoms with Gasteiger partial charge in [-0.2, -0.15) is 5.10 Å². The topological polar surface area (TPSA) is 472 Å². The Bertz CT molecular complexity index is 3430. The number of nitrogens with two attached hydrogens (primary N) is 1. The molecule has 32 nitrogen and oxygen atoms in total. The predicted octanol–water partition coefficient (Wildman–Crippen LogP) is -2.50. The van der Waals surface area contributed by atoms with Crippen molar-refractivity contribution in [2.45, 2.75) is 131 Å². The number of aromatic nitrogens is 3. The van der Waals surface area contributed by atoms with Crippen molar-refractivity contribution >= 4 is 81.6 Å². The van der Waals surface area contributed by atoms with Gasteiger partial charge in [-0.05, 0) is 80.3 Å². The third-order valence-corrected chi connectivity index (χ3v) is 17.6. The van der Waals surface area contributed by atoms with Crippen LogP contribution in [0.15, 0.2) is 72.9 Å². The molecular weight excluding hydrogens is 1240 g/mol. The van der Waals surface area contributed by atoms with Gasteiger partial charge < -0.3 is 92.1 Å². The summed E-state index contributed by atoms with van der Waals surface area (Å²) in [7, 11) is 0. The highest BCUT2D eigenvalue weighted by Crippen LogP contribution is 2.35. The molecule has 4 fully saturated rings. The molecule has 0 saturated carbocycles. The largest absolute Gasteiger partial charge is 0.504 e. The second-order valence-electron chi connectivity index (χ2n) is 22.8. The van der Waals surface area contributed by atoms with E-state index >= 15 is 0 Å². The van der Waals surface area contributed by atoms with Gasteiger partial charge in [-0.3, -0.25) is 38.4 Å². The second-order valence-corrected chi connectivity index (χ2v) is 24.2. The zero-order chi connectivity index (χ0) is 65.5. The molecule has 0 spiro atoms. The van der Waals surface area contributed by atoms with Gasteiger partial charge in [0.15, 0.2) is 11.5 Å². The lowest BCUT2D eigenvalue weighted by molar-refractivity contribution is -0.433. The Morgan fingerprint density at radius 2 is 1.47 bits per heavy atom. The maximum atomic E-state index is 14.7. The highest BCUT2D eigenvalue weighted by atomic mass is 32.2. The summed E-state index contributed by atoms with van der Waals surface area (Å²) in [5, 5.41) is 120. The maximum Gasteiger partial charge on any atom is 0.261 e. The molecule has 91 heavy (non-hydrogen) atoms. The van der Waals surface area contributed by atoms with Gasteiger partial charge >= 0.3 is 0 Å². The Kier molecular flexibility index (Phi) is 21.8. The second kappa shape index (κ2) is 29.4. The van der Waals surface area contributed by atoms with Gasteiger partial charge in [0.2, 0.25) is 46.3 Å². The Labute approximate surface area is 526 Å². The number of hydrogen-bond acceptors (Lipinski definition) is 25. The van der Waals surface area contributed by atoms with E-state index in [2.05, 4.69) is 53.0 Å². The number of phenols is 1. The molecule has 6 heterocycles. The number of primary amides is 1. The lowest BCUT2D eigenvalue weighted by Crippen LogP contribution is -2.64. The van der Waals surface area contributed by atoms with Crippen LogP contribution in [-0.2, 0) is 42.9 Å². The van der Waals surface area contributed by atoms with Crippen LogP contribution >= 0.6 is 23.7 Å². The number of carbonyl (C=O) groups excluding carboxylic acids is 8. The third-order valence-electron chi connectivity index (χ3n) is 16.3. The zero-order valence-electron chi connectivity index (χ0n) is 48.9. The quantitative estimate of drug-likeness (QED) is 0.0210. The molecule has 4 aliphatic heterocycles. The number of imidazole rings is 1. The summed E-state index contributed by atoms with van der Waals surface area (Å²) < 4.78 is 10.9. The molecule has 0 aliphatic carbocycles. The minimum atomic E-state index is -2.53. The van der Waals surface area contributed by atoms with Crippen molar-refractivity contribution in [3.05, 3.63) is 84.1 Å². The normalized spacial score (nSPS) is 26.3. The number of aliphatic hydroxyl groups is 7. The molecular formula is C57H70N12O20S2. The Balaban J connectivity index is 0.998. The molecule has 4 saturated heterocycles. The number of β-amino-alcohol motifs (C(OH)–C–C–N with tert-alkyl or cyclic N) is 1. The Morgan fingerprint density at radius 1 is 0.802 bits per heavy atom. The number of nitrogens with zero attached hydrogens (tertiary/aromatic N) is 6. The van der Waals surface area contributed by atoms with Gasteiger partial charge in [-0.1, -0.05) is 45.8 Å². The number of piperidine rings is 1. The molecule has 0 radical (unpaired) electrons. The van der Waals surface area contributed by atoms with Gasteiger partial charge in [0, 0.05) is 73.9 Å². The molecule has 4 aliphatic rings. The summed E-state index contributed by atoms with van der Waals surface area (Å²) in [6.45, 7) is 2.74. The molecule has 0 bridgehead atoms. The van der Waals surface area contributed by atoms with Gasteiger partial charge in [-0.15, -0.1) is 0 Å². The van der Waals surface area contributed by atoms with Crippen LogP contribution < -0.4 is 41.4 Å². The van der Waals surface area contributed by atoms with Crippen molar-refractivity contribution in [3.8, 4) is 33.3 Å². The van der Waals surface area contributed by atoms with Crippen LogP contribution in [0.3, 0.4) is 0 Å². The molecule has 490 valence electrons. The van der Waals surface area contributed by atoms with Crippen LogP contribution in [0.25, 0.3) is 26.8 Å². The highest BCUT2D eigenvalue weighted by Gasteiger charge is 2.50. The number of aliphatic hydroxyl groups excluding tert-OH is 7.